The quantitative estimate of drug-likeness (QED) is 0.673. The van der Waals surface area contributed by atoms with Crippen LogP contribution in [0.1, 0.15) is 38.9 Å². The van der Waals surface area contributed by atoms with Gasteiger partial charge in [0.15, 0.2) is 0 Å². The minimum atomic E-state index is 0.338. The van der Waals surface area contributed by atoms with Crippen molar-refractivity contribution in [1.29, 1.82) is 0 Å². The van der Waals surface area contributed by atoms with E-state index in [4.69, 9.17) is 9.15 Å². The first kappa shape index (κ1) is 10.3. The van der Waals surface area contributed by atoms with E-state index in [-0.39, 0.29) is 0 Å². The van der Waals surface area contributed by atoms with E-state index in [2.05, 4.69) is 13.8 Å². The third kappa shape index (κ3) is 4.13. The molecule has 0 aliphatic heterocycles. The average molecular weight is 182 g/mol. The van der Waals surface area contributed by atoms with Gasteiger partial charge in [-0.25, -0.2) is 0 Å². The lowest BCUT2D eigenvalue weighted by molar-refractivity contribution is 0.0363. The SMILES string of the molecule is CCCCC(C)OCc1ccco1. The highest BCUT2D eigenvalue weighted by Gasteiger charge is 2.02. The predicted octanol–water partition coefficient (Wildman–Crippen LogP) is 3.37. The van der Waals surface area contributed by atoms with E-state index in [0.29, 0.717) is 12.7 Å². The number of hydrogen-bond acceptors (Lipinski definition) is 2. The summed E-state index contributed by atoms with van der Waals surface area (Å²) in [6.45, 7) is 4.90. The minimum absolute atomic E-state index is 0.338. The lowest BCUT2D eigenvalue weighted by Gasteiger charge is -2.10. The third-order valence-electron chi connectivity index (χ3n) is 2.05. The first-order chi connectivity index (χ1) is 6.33. The normalized spacial score (nSPS) is 13.1. The molecule has 0 amide bonds. The van der Waals surface area contributed by atoms with Crippen molar-refractivity contribution in [3.8, 4) is 0 Å². The lowest BCUT2D eigenvalue weighted by atomic mass is 10.2. The second-order valence-electron chi connectivity index (χ2n) is 3.34. The molecular weight excluding hydrogens is 164 g/mol. The van der Waals surface area contributed by atoms with Gasteiger partial charge >= 0.3 is 0 Å². The number of unbranched alkanes of at least 4 members (excludes halogenated alkanes) is 1. The van der Waals surface area contributed by atoms with Gasteiger partial charge in [0.1, 0.15) is 12.4 Å². The van der Waals surface area contributed by atoms with E-state index in [9.17, 15) is 0 Å². The fourth-order valence-corrected chi connectivity index (χ4v) is 1.19. The van der Waals surface area contributed by atoms with Gasteiger partial charge in [-0.15, -0.1) is 0 Å². The first-order valence-electron chi connectivity index (χ1n) is 4.97. The second-order valence-corrected chi connectivity index (χ2v) is 3.34. The van der Waals surface area contributed by atoms with E-state index in [1.165, 1.54) is 12.8 Å². The van der Waals surface area contributed by atoms with Gasteiger partial charge in [-0.1, -0.05) is 19.8 Å². The van der Waals surface area contributed by atoms with Crippen molar-refractivity contribution < 1.29 is 9.15 Å². The van der Waals surface area contributed by atoms with Crippen LogP contribution in [0.2, 0.25) is 0 Å². The van der Waals surface area contributed by atoms with Crippen LogP contribution in [0.4, 0.5) is 0 Å². The average Bonchev–Trinajstić information content (AvgIpc) is 2.64. The molecule has 74 valence electrons. The van der Waals surface area contributed by atoms with E-state index in [1.54, 1.807) is 6.26 Å². The zero-order valence-electron chi connectivity index (χ0n) is 8.45. The summed E-state index contributed by atoms with van der Waals surface area (Å²) in [4.78, 5) is 0. The van der Waals surface area contributed by atoms with Crippen LogP contribution in [0, 0.1) is 0 Å². The summed E-state index contributed by atoms with van der Waals surface area (Å²) in [7, 11) is 0. The predicted molar refractivity (Wildman–Crippen MR) is 52.5 cm³/mol. The Morgan fingerprint density at radius 3 is 3.00 bits per heavy atom. The van der Waals surface area contributed by atoms with Gasteiger partial charge in [-0.3, -0.25) is 0 Å². The Morgan fingerprint density at radius 2 is 2.38 bits per heavy atom. The number of ether oxygens (including phenoxy) is 1. The van der Waals surface area contributed by atoms with Crippen LogP contribution in [0.15, 0.2) is 22.8 Å². The molecule has 2 heteroatoms. The molecule has 0 aliphatic carbocycles. The summed E-state index contributed by atoms with van der Waals surface area (Å²) in [5.41, 5.74) is 0. The molecular formula is C11H18O2. The van der Waals surface area contributed by atoms with Crippen LogP contribution in [-0.4, -0.2) is 6.10 Å². The summed E-state index contributed by atoms with van der Waals surface area (Å²) in [5, 5.41) is 0. The van der Waals surface area contributed by atoms with Crippen molar-refractivity contribution in [1.82, 2.24) is 0 Å². The largest absolute Gasteiger partial charge is 0.467 e. The first-order valence-corrected chi connectivity index (χ1v) is 4.97. The van der Waals surface area contributed by atoms with Crippen molar-refractivity contribution >= 4 is 0 Å². The van der Waals surface area contributed by atoms with E-state index >= 15 is 0 Å². The van der Waals surface area contributed by atoms with E-state index in [1.807, 2.05) is 12.1 Å². The summed E-state index contributed by atoms with van der Waals surface area (Å²) in [6.07, 6.45) is 5.62. The molecule has 1 rings (SSSR count). The Morgan fingerprint density at radius 1 is 1.54 bits per heavy atom. The maximum Gasteiger partial charge on any atom is 0.129 e. The smallest absolute Gasteiger partial charge is 0.129 e. The van der Waals surface area contributed by atoms with Crippen molar-refractivity contribution in [3.05, 3.63) is 24.2 Å². The molecule has 1 aromatic rings. The highest BCUT2D eigenvalue weighted by atomic mass is 16.5. The molecule has 0 radical (unpaired) electrons. The van der Waals surface area contributed by atoms with Crippen LogP contribution in [-0.2, 0) is 11.3 Å². The Bertz CT molecular complexity index is 204. The molecule has 1 aromatic heterocycles. The Labute approximate surface area is 79.9 Å². The molecule has 1 atom stereocenters. The van der Waals surface area contributed by atoms with Gasteiger partial charge in [0, 0.05) is 0 Å². The maximum absolute atomic E-state index is 5.59. The third-order valence-corrected chi connectivity index (χ3v) is 2.05. The summed E-state index contributed by atoms with van der Waals surface area (Å²) in [6, 6.07) is 3.82. The fourth-order valence-electron chi connectivity index (χ4n) is 1.19. The molecule has 0 fully saturated rings. The molecule has 1 heterocycles. The molecule has 0 spiro atoms. The lowest BCUT2D eigenvalue weighted by Crippen LogP contribution is -2.07. The van der Waals surface area contributed by atoms with Crippen LogP contribution < -0.4 is 0 Å². The van der Waals surface area contributed by atoms with Gasteiger partial charge in [-0.2, -0.15) is 0 Å². The number of rotatable bonds is 6. The van der Waals surface area contributed by atoms with Gasteiger partial charge in [0.2, 0.25) is 0 Å². The van der Waals surface area contributed by atoms with Crippen LogP contribution in [0.25, 0.3) is 0 Å². The van der Waals surface area contributed by atoms with Gasteiger partial charge in [0.05, 0.1) is 12.4 Å². The van der Waals surface area contributed by atoms with Crippen molar-refractivity contribution in [2.45, 2.75) is 45.8 Å². The Balaban J connectivity index is 2.11. The monoisotopic (exact) mass is 182 g/mol. The Kier molecular flexibility index (Phi) is 4.61. The van der Waals surface area contributed by atoms with Crippen molar-refractivity contribution in [2.75, 3.05) is 0 Å². The zero-order chi connectivity index (χ0) is 9.52. The minimum Gasteiger partial charge on any atom is -0.467 e. The summed E-state index contributed by atoms with van der Waals surface area (Å²) in [5.74, 6) is 0.906. The van der Waals surface area contributed by atoms with E-state index < -0.39 is 0 Å². The molecule has 2 nitrogen and oxygen atoms in total. The highest BCUT2D eigenvalue weighted by molar-refractivity contribution is 4.96. The van der Waals surface area contributed by atoms with Gasteiger partial charge < -0.3 is 9.15 Å². The van der Waals surface area contributed by atoms with Gasteiger partial charge in [0.25, 0.3) is 0 Å². The van der Waals surface area contributed by atoms with Gasteiger partial charge in [-0.05, 0) is 25.5 Å². The molecule has 0 saturated heterocycles. The topological polar surface area (TPSA) is 22.4 Å². The number of furan rings is 1. The van der Waals surface area contributed by atoms with Crippen LogP contribution in [0.3, 0.4) is 0 Å². The van der Waals surface area contributed by atoms with Crippen molar-refractivity contribution in [2.24, 2.45) is 0 Å². The molecule has 0 aliphatic rings. The fraction of sp³-hybridized carbons (Fsp3) is 0.636. The molecule has 0 N–H and O–H groups in total. The summed E-state index contributed by atoms with van der Waals surface area (Å²) < 4.78 is 10.8. The highest BCUT2D eigenvalue weighted by Crippen LogP contribution is 2.08. The zero-order valence-corrected chi connectivity index (χ0v) is 8.45. The molecule has 0 saturated carbocycles. The molecule has 13 heavy (non-hydrogen) atoms. The molecule has 0 aromatic carbocycles. The Hall–Kier alpha value is -0.760. The number of hydrogen-bond donors (Lipinski definition) is 0. The maximum atomic E-state index is 5.59. The molecule has 1 unspecified atom stereocenters. The van der Waals surface area contributed by atoms with Crippen LogP contribution >= 0.6 is 0 Å². The van der Waals surface area contributed by atoms with Crippen LogP contribution in [0.5, 0.6) is 0 Å². The summed E-state index contributed by atoms with van der Waals surface area (Å²) >= 11 is 0. The second kappa shape index (κ2) is 5.81. The van der Waals surface area contributed by atoms with Crippen molar-refractivity contribution in [3.63, 3.8) is 0 Å². The molecule has 0 bridgehead atoms. The van der Waals surface area contributed by atoms with E-state index in [0.717, 1.165) is 12.2 Å². The standard InChI is InChI=1S/C11H18O2/c1-3-4-6-10(2)13-9-11-7-5-8-12-11/h5,7-8,10H,3-4,6,9H2,1-2H3.